The monoisotopic (exact) mass is 460 g/mol. The van der Waals surface area contributed by atoms with Crippen molar-refractivity contribution >= 4 is 75.5 Å². The van der Waals surface area contributed by atoms with Gasteiger partial charge in [-0.3, -0.25) is 19.4 Å². The first-order chi connectivity index (χ1) is 12.8. The van der Waals surface area contributed by atoms with E-state index in [-0.39, 0.29) is 27.0 Å². The molecule has 0 aliphatic carbocycles. The number of carbonyl (C=O) groups is 2. The largest absolute Gasteiger partial charge is 0.285 e. The van der Waals surface area contributed by atoms with Gasteiger partial charge in [0, 0.05) is 24.2 Å². The molecule has 0 aromatic heterocycles. The van der Waals surface area contributed by atoms with Gasteiger partial charge in [0.25, 0.3) is 11.8 Å². The highest BCUT2D eigenvalue weighted by molar-refractivity contribution is 7.80. The van der Waals surface area contributed by atoms with E-state index in [9.17, 15) is 9.59 Å². The van der Waals surface area contributed by atoms with Gasteiger partial charge < -0.3 is 0 Å². The van der Waals surface area contributed by atoms with Crippen molar-refractivity contribution in [3.05, 3.63) is 67.6 Å². The lowest BCUT2D eigenvalue weighted by atomic mass is 10.1. The van der Waals surface area contributed by atoms with Crippen LogP contribution in [0.1, 0.15) is 27.1 Å². The summed E-state index contributed by atoms with van der Waals surface area (Å²) in [6, 6.07) is 9.19. The number of halogens is 4. The highest BCUT2D eigenvalue weighted by Crippen LogP contribution is 2.26. The Morgan fingerprint density at radius 2 is 1.15 bits per heavy atom. The molecule has 2 amide bonds. The first-order valence-electron chi connectivity index (χ1n) is 7.87. The van der Waals surface area contributed by atoms with Crippen LogP contribution in [-0.2, 0) is 0 Å². The Kier molecular flexibility index (Phi) is 6.28. The van der Waals surface area contributed by atoms with Crippen molar-refractivity contribution in [2.24, 2.45) is 0 Å². The molecule has 1 aliphatic heterocycles. The molecule has 140 valence electrons. The second kappa shape index (κ2) is 8.33. The number of carbonyl (C=O) groups excluding carboxylic acids is 2. The molecule has 27 heavy (non-hydrogen) atoms. The Morgan fingerprint density at radius 1 is 0.741 bits per heavy atom. The molecule has 0 unspecified atom stereocenters. The van der Waals surface area contributed by atoms with Crippen LogP contribution < -0.4 is 0 Å². The van der Waals surface area contributed by atoms with Crippen LogP contribution in [0.4, 0.5) is 0 Å². The first-order valence-corrected chi connectivity index (χ1v) is 9.79. The smallest absolute Gasteiger partial charge is 0.260 e. The first kappa shape index (κ1) is 20.4. The van der Waals surface area contributed by atoms with Gasteiger partial charge in [-0.05, 0) is 55.0 Å². The highest BCUT2D eigenvalue weighted by Gasteiger charge is 2.32. The summed E-state index contributed by atoms with van der Waals surface area (Å²) in [6.45, 7) is 0.812. The lowest BCUT2D eigenvalue weighted by Crippen LogP contribution is -2.53. The molecule has 0 atom stereocenters. The number of nitrogens with zero attached hydrogens (tertiary/aromatic N) is 2. The summed E-state index contributed by atoms with van der Waals surface area (Å²) < 4.78 is 0. The van der Waals surface area contributed by atoms with E-state index in [1.165, 1.54) is 21.9 Å². The Bertz CT molecular complexity index is 877. The van der Waals surface area contributed by atoms with Crippen molar-refractivity contribution in [3.63, 3.8) is 0 Å². The van der Waals surface area contributed by atoms with E-state index in [2.05, 4.69) is 0 Å². The summed E-state index contributed by atoms with van der Waals surface area (Å²) in [4.78, 5) is 28.4. The van der Waals surface area contributed by atoms with Gasteiger partial charge in [-0.1, -0.05) is 46.4 Å². The van der Waals surface area contributed by atoms with Crippen molar-refractivity contribution in [1.29, 1.82) is 0 Å². The van der Waals surface area contributed by atoms with Gasteiger partial charge in [-0.25, -0.2) is 0 Å². The van der Waals surface area contributed by atoms with E-state index < -0.39 is 0 Å². The Balaban J connectivity index is 1.84. The zero-order chi connectivity index (χ0) is 19.7. The zero-order valence-electron chi connectivity index (χ0n) is 13.7. The van der Waals surface area contributed by atoms with Gasteiger partial charge in [-0.2, -0.15) is 0 Å². The molecule has 0 bridgehead atoms. The van der Waals surface area contributed by atoms with Crippen molar-refractivity contribution in [3.8, 4) is 0 Å². The van der Waals surface area contributed by atoms with E-state index in [0.29, 0.717) is 40.7 Å². The minimum absolute atomic E-state index is 0.133. The summed E-state index contributed by atoms with van der Waals surface area (Å²) >= 11 is 29.2. The number of rotatable bonds is 2. The van der Waals surface area contributed by atoms with Gasteiger partial charge in [0.15, 0.2) is 5.11 Å². The predicted octanol–water partition coefficient (Wildman–Crippen LogP) is 5.57. The molecule has 1 heterocycles. The molecule has 2 aromatic rings. The summed E-state index contributed by atoms with van der Waals surface area (Å²) in [6.07, 6.45) is 0.584. The van der Waals surface area contributed by atoms with Crippen LogP contribution in [0.5, 0.6) is 0 Å². The van der Waals surface area contributed by atoms with Crippen LogP contribution in [0.25, 0.3) is 0 Å². The summed E-state index contributed by atoms with van der Waals surface area (Å²) in [5.74, 6) is -0.685. The third kappa shape index (κ3) is 4.23. The van der Waals surface area contributed by atoms with Crippen LogP contribution in [-0.4, -0.2) is 39.8 Å². The second-order valence-electron chi connectivity index (χ2n) is 5.81. The average Bonchev–Trinajstić information content (AvgIpc) is 2.65. The van der Waals surface area contributed by atoms with Gasteiger partial charge in [-0.15, -0.1) is 0 Å². The van der Waals surface area contributed by atoms with Gasteiger partial charge in [0.2, 0.25) is 0 Å². The maximum absolute atomic E-state index is 12.8. The SMILES string of the molecule is O=C(c1ccc(Cl)c(Cl)c1)N1CCCN(C(=O)c2ccc(Cl)c(Cl)c2)C1=S. The van der Waals surface area contributed by atoms with Gasteiger partial charge in [0.05, 0.1) is 20.1 Å². The maximum atomic E-state index is 12.8. The Hall–Kier alpha value is -1.37. The maximum Gasteiger partial charge on any atom is 0.260 e. The van der Waals surface area contributed by atoms with E-state index in [1.807, 2.05) is 0 Å². The predicted molar refractivity (Wildman–Crippen MR) is 112 cm³/mol. The topological polar surface area (TPSA) is 40.6 Å². The summed E-state index contributed by atoms with van der Waals surface area (Å²) in [5.41, 5.74) is 0.686. The van der Waals surface area contributed by atoms with Gasteiger partial charge >= 0.3 is 0 Å². The zero-order valence-corrected chi connectivity index (χ0v) is 17.6. The Labute approximate surface area is 181 Å². The number of thiocarbonyl (C=S) groups is 1. The van der Waals surface area contributed by atoms with E-state index >= 15 is 0 Å². The third-order valence-corrected chi connectivity index (χ3v) is 5.97. The fraction of sp³-hybridized carbons (Fsp3) is 0.167. The molecular weight excluding hydrogens is 450 g/mol. The molecule has 1 aliphatic rings. The van der Waals surface area contributed by atoms with E-state index in [4.69, 9.17) is 58.6 Å². The van der Waals surface area contributed by atoms with Crippen molar-refractivity contribution in [2.45, 2.75) is 6.42 Å². The van der Waals surface area contributed by atoms with Crippen LogP contribution >= 0.6 is 58.6 Å². The third-order valence-electron chi connectivity index (χ3n) is 4.05. The summed E-state index contributed by atoms with van der Waals surface area (Å²) in [7, 11) is 0. The number of amides is 2. The molecule has 2 aromatic carbocycles. The van der Waals surface area contributed by atoms with Crippen molar-refractivity contribution in [2.75, 3.05) is 13.1 Å². The fourth-order valence-electron chi connectivity index (χ4n) is 2.67. The average molecular weight is 462 g/mol. The molecule has 1 fully saturated rings. The number of hydrogen-bond acceptors (Lipinski definition) is 3. The summed E-state index contributed by atoms with van der Waals surface area (Å²) in [5, 5.41) is 1.38. The Morgan fingerprint density at radius 3 is 1.52 bits per heavy atom. The minimum Gasteiger partial charge on any atom is -0.285 e. The molecule has 0 radical (unpaired) electrons. The molecule has 0 saturated carbocycles. The van der Waals surface area contributed by atoms with Crippen LogP contribution in [0.15, 0.2) is 36.4 Å². The van der Waals surface area contributed by atoms with Crippen molar-refractivity contribution in [1.82, 2.24) is 9.80 Å². The van der Waals surface area contributed by atoms with Crippen LogP contribution in [0.2, 0.25) is 20.1 Å². The van der Waals surface area contributed by atoms with E-state index in [0.717, 1.165) is 0 Å². The lowest BCUT2D eigenvalue weighted by Gasteiger charge is -2.36. The lowest BCUT2D eigenvalue weighted by molar-refractivity contribution is 0.0746. The van der Waals surface area contributed by atoms with Crippen molar-refractivity contribution < 1.29 is 9.59 Å². The fourth-order valence-corrected chi connectivity index (χ4v) is 3.62. The number of hydrogen-bond donors (Lipinski definition) is 0. The standard InChI is InChI=1S/C18H12Cl4N2O2S/c19-12-4-2-10(8-14(12)21)16(25)23-6-1-7-24(18(23)27)17(26)11-3-5-13(20)15(22)9-11/h2-5,8-9H,1,6-7H2. The highest BCUT2D eigenvalue weighted by atomic mass is 35.5. The van der Waals surface area contributed by atoms with Gasteiger partial charge in [0.1, 0.15) is 0 Å². The normalized spacial score (nSPS) is 14.4. The van der Waals surface area contributed by atoms with Crippen LogP contribution in [0, 0.1) is 0 Å². The quantitative estimate of drug-likeness (QED) is 0.548. The minimum atomic E-state index is -0.342. The molecular formula is C18H12Cl4N2O2S. The number of benzene rings is 2. The molecule has 3 rings (SSSR count). The molecule has 9 heteroatoms. The molecule has 0 N–H and O–H groups in total. The molecule has 0 spiro atoms. The van der Waals surface area contributed by atoms with E-state index in [1.54, 1.807) is 24.3 Å². The van der Waals surface area contributed by atoms with Crippen LogP contribution in [0.3, 0.4) is 0 Å². The molecule has 4 nitrogen and oxygen atoms in total. The molecule has 1 saturated heterocycles. The second-order valence-corrected chi connectivity index (χ2v) is 7.80.